The van der Waals surface area contributed by atoms with E-state index in [-0.39, 0.29) is 5.91 Å². The van der Waals surface area contributed by atoms with Gasteiger partial charge in [0.05, 0.1) is 17.7 Å². The molecule has 2 aromatic rings. The predicted octanol–water partition coefficient (Wildman–Crippen LogP) is 3.65. The van der Waals surface area contributed by atoms with E-state index in [9.17, 15) is 4.79 Å². The lowest BCUT2D eigenvalue weighted by molar-refractivity contribution is -0.120. The lowest BCUT2D eigenvalue weighted by Gasteiger charge is -2.30. The number of benzene rings is 1. The molecular weight excluding hydrogens is 366 g/mol. The van der Waals surface area contributed by atoms with Crippen LogP contribution in [0.2, 0.25) is 0 Å². The average molecular weight is 400 g/mol. The molecule has 1 aromatic heterocycles. The van der Waals surface area contributed by atoms with Crippen LogP contribution in [-0.4, -0.2) is 42.1 Å². The smallest absolute Gasteiger partial charge is 0.224 e. The zero-order valence-electron chi connectivity index (χ0n) is 17.9. The molecule has 1 aromatic carbocycles. The molecule has 0 saturated carbocycles. The number of nitrogens with zero attached hydrogens (tertiary/aromatic N) is 2. The number of carbonyl (C=O) groups excluding carboxylic acids is 1. The molecule has 158 valence electrons. The summed E-state index contributed by atoms with van der Waals surface area (Å²) in [5, 5.41) is 6.97. The van der Waals surface area contributed by atoms with Crippen molar-refractivity contribution < 1.29 is 14.1 Å². The number of likely N-dealkylation sites (tertiary alicyclic amines) is 1. The van der Waals surface area contributed by atoms with E-state index >= 15 is 0 Å². The van der Waals surface area contributed by atoms with Crippen molar-refractivity contribution in [2.24, 2.45) is 5.92 Å². The zero-order chi connectivity index (χ0) is 20.6. The number of amides is 1. The Morgan fingerprint density at radius 3 is 2.62 bits per heavy atom. The molecule has 3 rings (SSSR count). The van der Waals surface area contributed by atoms with Gasteiger partial charge >= 0.3 is 0 Å². The zero-order valence-corrected chi connectivity index (χ0v) is 17.9. The SMILES string of the molecule is Cc1noc(C)c1COc1ccc(CC(=O)NCCCN2CCC(C)CC2)cc1. The third-order valence-electron chi connectivity index (χ3n) is 5.70. The summed E-state index contributed by atoms with van der Waals surface area (Å²) in [5.74, 6) is 2.48. The van der Waals surface area contributed by atoms with Crippen molar-refractivity contribution in [1.82, 2.24) is 15.4 Å². The third-order valence-corrected chi connectivity index (χ3v) is 5.70. The molecular formula is C23H33N3O3. The van der Waals surface area contributed by atoms with Crippen LogP contribution in [0.1, 0.15) is 48.8 Å². The Kier molecular flexibility index (Phi) is 7.69. The van der Waals surface area contributed by atoms with Crippen LogP contribution in [-0.2, 0) is 17.8 Å². The van der Waals surface area contributed by atoms with Gasteiger partial charge in [0.1, 0.15) is 18.1 Å². The fourth-order valence-electron chi connectivity index (χ4n) is 3.63. The van der Waals surface area contributed by atoms with Gasteiger partial charge in [0, 0.05) is 6.54 Å². The van der Waals surface area contributed by atoms with E-state index in [2.05, 4.69) is 22.3 Å². The predicted molar refractivity (Wildman–Crippen MR) is 113 cm³/mol. The Balaban J connectivity index is 1.34. The first-order valence-corrected chi connectivity index (χ1v) is 10.6. The van der Waals surface area contributed by atoms with Gasteiger partial charge in [-0.1, -0.05) is 24.2 Å². The summed E-state index contributed by atoms with van der Waals surface area (Å²) in [5.41, 5.74) is 2.82. The first kappa shape index (κ1) is 21.4. The van der Waals surface area contributed by atoms with Gasteiger partial charge in [0.15, 0.2) is 0 Å². The molecule has 6 heteroatoms. The molecule has 1 N–H and O–H groups in total. The molecule has 1 aliphatic heterocycles. The Morgan fingerprint density at radius 2 is 1.97 bits per heavy atom. The number of carbonyl (C=O) groups is 1. The van der Waals surface area contributed by atoms with Crippen molar-refractivity contribution in [2.45, 2.75) is 53.1 Å². The molecule has 0 radical (unpaired) electrons. The highest BCUT2D eigenvalue weighted by Crippen LogP contribution is 2.18. The highest BCUT2D eigenvalue weighted by molar-refractivity contribution is 5.78. The standard InChI is InChI=1S/C23H33N3O3/c1-17-9-13-26(14-10-17)12-4-11-24-23(27)15-20-5-7-21(8-6-20)28-16-22-18(2)25-29-19(22)3/h5-8,17H,4,9-16H2,1-3H3,(H,24,27). The molecule has 1 fully saturated rings. The second-order valence-electron chi connectivity index (χ2n) is 8.14. The summed E-state index contributed by atoms with van der Waals surface area (Å²) < 4.78 is 11.0. The monoisotopic (exact) mass is 399 g/mol. The molecule has 0 aliphatic carbocycles. The maximum atomic E-state index is 12.2. The van der Waals surface area contributed by atoms with Crippen molar-refractivity contribution in [1.29, 1.82) is 0 Å². The van der Waals surface area contributed by atoms with E-state index < -0.39 is 0 Å². The molecule has 0 spiro atoms. The number of piperidine rings is 1. The molecule has 0 unspecified atom stereocenters. The van der Waals surface area contributed by atoms with Crippen LogP contribution >= 0.6 is 0 Å². The largest absolute Gasteiger partial charge is 0.489 e. The van der Waals surface area contributed by atoms with Crippen LogP contribution in [0.25, 0.3) is 0 Å². The minimum atomic E-state index is 0.0710. The molecule has 29 heavy (non-hydrogen) atoms. The maximum absolute atomic E-state index is 12.2. The Hall–Kier alpha value is -2.34. The van der Waals surface area contributed by atoms with E-state index in [1.54, 1.807) is 0 Å². The topological polar surface area (TPSA) is 67.6 Å². The minimum Gasteiger partial charge on any atom is -0.489 e. The number of nitrogens with one attached hydrogen (secondary N) is 1. The van der Waals surface area contributed by atoms with Gasteiger partial charge in [-0.05, 0) is 76.4 Å². The van der Waals surface area contributed by atoms with Gasteiger partial charge in [-0.3, -0.25) is 4.79 Å². The second-order valence-corrected chi connectivity index (χ2v) is 8.14. The number of aryl methyl sites for hydroxylation is 2. The molecule has 6 nitrogen and oxygen atoms in total. The van der Waals surface area contributed by atoms with Crippen LogP contribution in [0, 0.1) is 19.8 Å². The summed E-state index contributed by atoms with van der Waals surface area (Å²) in [7, 11) is 0. The Morgan fingerprint density at radius 1 is 1.24 bits per heavy atom. The lowest BCUT2D eigenvalue weighted by Crippen LogP contribution is -2.35. The van der Waals surface area contributed by atoms with Gasteiger partial charge in [-0.15, -0.1) is 0 Å². The quantitative estimate of drug-likeness (QED) is 0.652. The minimum absolute atomic E-state index is 0.0710. The number of hydrogen-bond donors (Lipinski definition) is 1. The average Bonchev–Trinajstić information content (AvgIpc) is 3.04. The molecule has 0 bridgehead atoms. The maximum Gasteiger partial charge on any atom is 0.224 e. The van der Waals surface area contributed by atoms with Gasteiger partial charge < -0.3 is 19.5 Å². The number of hydrogen-bond acceptors (Lipinski definition) is 5. The van der Waals surface area contributed by atoms with Crippen LogP contribution in [0.15, 0.2) is 28.8 Å². The van der Waals surface area contributed by atoms with Crippen molar-refractivity contribution in [2.75, 3.05) is 26.2 Å². The van der Waals surface area contributed by atoms with Crippen LogP contribution in [0.3, 0.4) is 0 Å². The van der Waals surface area contributed by atoms with Crippen LogP contribution in [0.5, 0.6) is 5.75 Å². The van der Waals surface area contributed by atoms with E-state index in [0.29, 0.717) is 13.0 Å². The van der Waals surface area contributed by atoms with E-state index in [1.165, 1.54) is 25.9 Å². The number of aromatic nitrogens is 1. The summed E-state index contributed by atoms with van der Waals surface area (Å²) in [6.07, 6.45) is 3.99. The van der Waals surface area contributed by atoms with Crippen molar-refractivity contribution in [3.8, 4) is 5.75 Å². The summed E-state index contributed by atoms with van der Waals surface area (Å²) in [6, 6.07) is 7.69. The highest BCUT2D eigenvalue weighted by atomic mass is 16.5. The van der Waals surface area contributed by atoms with Crippen molar-refractivity contribution in [3.05, 3.63) is 46.8 Å². The first-order chi connectivity index (χ1) is 14.0. The third kappa shape index (κ3) is 6.60. The van der Waals surface area contributed by atoms with Gasteiger partial charge in [0.25, 0.3) is 0 Å². The van der Waals surface area contributed by atoms with E-state index in [1.807, 2.05) is 38.1 Å². The van der Waals surface area contributed by atoms with Gasteiger partial charge in [-0.2, -0.15) is 0 Å². The molecule has 1 aliphatic rings. The van der Waals surface area contributed by atoms with Crippen molar-refractivity contribution in [3.63, 3.8) is 0 Å². The van der Waals surface area contributed by atoms with Crippen LogP contribution in [0.4, 0.5) is 0 Å². The molecule has 0 atom stereocenters. The Labute approximate surface area is 173 Å². The van der Waals surface area contributed by atoms with Crippen LogP contribution < -0.4 is 10.1 Å². The Bertz CT molecular complexity index is 758. The number of rotatable bonds is 9. The summed E-state index contributed by atoms with van der Waals surface area (Å²) in [4.78, 5) is 14.7. The van der Waals surface area contributed by atoms with Gasteiger partial charge in [0.2, 0.25) is 5.91 Å². The lowest BCUT2D eigenvalue weighted by atomic mass is 9.99. The fraction of sp³-hybridized carbons (Fsp3) is 0.565. The highest BCUT2D eigenvalue weighted by Gasteiger charge is 2.15. The molecule has 1 amide bonds. The fourth-order valence-corrected chi connectivity index (χ4v) is 3.63. The van der Waals surface area contributed by atoms with E-state index in [0.717, 1.165) is 53.8 Å². The van der Waals surface area contributed by atoms with E-state index in [4.69, 9.17) is 9.26 Å². The number of ether oxygens (including phenoxy) is 1. The molecule has 2 heterocycles. The van der Waals surface area contributed by atoms with Gasteiger partial charge in [-0.25, -0.2) is 0 Å². The summed E-state index contributed by atoms with van der Waals surface area (Å²) in [6.45, 7) is 10.7. The second kappa shape index (κ2) is 10.4. The summed E-state index contributed by atoms with van der Waals surface area (Å²) >= 11 is 0. The molecule has 1 saturated heterocycles. The van der Waals surface area contributed by atoms with Crippen molar-refractivity contribution >= 4 is 5.91 Å². The first-order valence-electron chi connectivity index (χ1n) is 10.6. The normalized spacial score (nSPS) is 15.4.